The Bertz CT molecular complexity index is 129. The highest BCUT2D eigenvalue weighted by atomic mass is 16.5. The second-order valence-electron chi connectivity index (χ2n) is 2.75. The van der Waals surface area contributed by atoms with Crippen LogP contribution in [-0.4, -0.2) is 25.8 Å². The average molecular weight is 158 g/mol. The summed E-state index contributed by atoms with van der Waals surface area (Å²) in [5, 5.41) is 0. The largest absolute Gasteiger partial charge is 0.469 e. The van der Waals surface area contributed by atoms with Crippen molar-refractivity contribution in [3.8, 4) is 0 Å². The first-order chi connectivity index (χ1) is 5.33. The zero-order chi connectivity index (χ0) is 8.10. The second-order valence-corrected chi connectivity index (χ2v) is 2.75. The third-order valence-electron chi connectivity index (χ3n) is 1.94. The van der Waals surface area contributed by atoms with Crippen LogP contribution >= 0.6 is 0 Å². The number of hydrogen-bond acceptors (Lipinski definition) is 3. The van der Waals surface area contributed by atoms with Crippen molar-refractivity contribution in [1.82, 2.24) is 0 Å². The van der Waals surface area contributed by atoms with E-state index in [-0.39, 0.29) is 5.97 Å². The third kappa shape index (κ3) is 2.89. The molecule has 0 N–H and O–H groups in total. The standard InChI is InChI=1S/C8H14O3/c1-10-8(9)5-6-11-7-3-2-4-7/h7H,2-6H2,1H3. The van der Waals surface area contributed by atoms with Gasteiger partial charge >= 0.3 is 5.97 Å². The molecule has 11 heavy (non-hydrogen) atoms. The molecule has 0 saturated heterocycles. The van der Waals surface area contributed by atoms with Crippen molar-refractivity contribution < 1.29 is 14.3 Å². The summed E-state index contributed by atoms with van der Waals surface area (Å²) in [6.45, 7) is 0.511. The van der Waals surface area contributed by atoms with E-state index in [4.69, 9.17) is 4.74 Å². The monoisotopic (exact) mass is 158 g/mol. The van der Waals surface area contributed by atoms with Crippen molar-refractivity contribution in [2.24, 2.45) is 0 Å². The molecule has 0 unspecified atom stereocenters. The molecule has 0 radical (unpaired) electrons. The molecule has 1 aliphatic carbocycles. The van der Waals surface area contributed by atoms with Gasteiger partial charge in [0.2, 0.25) is 0 Å². The average Bonchev–Trinajstić information content (AvgIpc) is 1.94. The zero-order valence-corrected chi connectivity index (χ0v) is 6.84. The highest BCUT2D eigenvalue weighted by Crippen LogP contribution is 2.21. The van der Waals surface area contributed by atoms with Crippen LogP contribution in [0.15, 0.2) is 0 Å². The second kappa shape index (κ2) is 4.34. The Morgan fingerprint density at radius 3 is 2.73 bits per heavy atom. The van der Waals surface area contributed by atoms with Gasteiger partial charge in [-0.3, -0.25) is 4.79 Å². The first-order valence-corrected chi connectivity index (χ1v) is 4.01. The number of rotatable bonds is 4. The number of hydrogen-bond donors (Lipinski definition) is 0. The molecule has 3 heteroatoms. The van der Waals surface area contributed by atoms with E-state index in [1.54, 1.807) is 0 Å². The fourth-order valence-electron chi connectivity index (χ4n) is 0.948. The summed E-state index contributed by atoms with van der Waals surface area (Å²) >= 11 is 0. The van der Waals surface area contributed by atoms with Gasteiger partial charge in [0.15, 0.2) is 0 Å². The molecule has 1 rings (SSSR count). The van der Waals surface area contributed by atoms with Crippen LogP contribution in [0.1, 0.15) is 25.7 Å². The molecule has 1 fully saturated rings. The molecule has 0 aromatic carbocycles. The SMILES string of the molecule is COC(=O)CCOC1CCC1. The summed E-state index contributed by atoms with van der Waals surface area (Å²) in [6.07, 6.45) is 4.37. The summed E-state index contributed by atoms with van der Waals surface area (Å²) in [5.41, 5.74) is 0. The van der Waals surface area contributed by atoms with Gasteiger partial charge in [-0.1, -0.05) is 0 Å². The smallest absolute Gasteiger partial charge is 0.307 e. The lowest BCUT2D eigenvalue weighted by atomic mass is 9.96. The number of esters is 1. The summed E-state index contributed by atoms with van der Waals surface area (Å²) < 4.78 is 9.81. The topological polar surface area (TPSA) is 35.5 Å². The van der Waals surface area contributed by atoms with Crippen LogP contribution in [-0.2, 0) is 14.3 Å². The molecular weight excluding hydrogens is 144 g/mol. The molecule has 0 bridgehead atoms. The van der Waals surface area contributed by atoms with Crippen molar-refractivity contribution in [2.45, 2.75) is 31.8 Å². The van der Waals surface area contributed by atoms with Gasteiger partial charge in [0.25, 0.3) is 0 Å². The predicted molar refractivity (Wildman–Crippen MR) is 40.2 cm³/mol. The highest BCUT2D eigenvalue weighted by molar-refractivity contribution is 5.69. The Labute approximate surface area is 66.7 Å². The molecule has 0 aromatic heterocycles. The van der Waals surface area contributed by atoms with Gasteiger partial charge in [-0.05, 0) is 19.3 Å². The van der Waals surface area contributed by atoms with E-state index >= 15 is 0 Å². The van der Waals surface area contributed by atoms with Crippen molar-refractivity contribution >= 4 is 5.97 Å². The van der Waals surface area contributed by atoms with E-state index in [0.29, 0.717) is 19.1 Å². The minimum Gasteiger partial charge on any atom is -0.469 e. The zero-order valence-electron chi connectivity index (χ0n) is 6.84. The van der Waals surface area contributed by atoms with Crippen molar-refractivity contribution in [3.05, 3.63) is 0 Å². The van der Waals surface area contributed by atoms with Crippen LogP contribution in [0.3, 0.4) is 0 Å². The lowest BCUT2D eigenvalue weighted by molar-refractivity contribution is -0.142. The number of ether oxygens (including phenoxy) is 2. The van der Waals surface area contributed by atoms with Gasteiger partial charge in [-0.15, -0.1) is 0 Å². The maximum Gasteiger partial charge on any atom is 0.307 e. The normalized spacial score (nSPS) is 17.5. The lowest BCUT2D eigenvalue weighted by Gasteiger charge is -2.25. The molecule has 64 valence electrons. The third-order valence-corrected chi connectivity index (χ3v) is 1.94. The van der Waals surface area contributed by atoms with Gasteiger partial charge in [0.05, 0.1) is 26.2 Å². The van der Waals surface area contributed by atoms with Crippen molar-refractivity contribution in [3.63, 3.8) is 0 Å². The van der Waals surface area contributed by atoms with Crippen molar-refractivity contribution in [2.75, 3.05) is 13.7 Å². The van der Waals surface area contributed by atoms with Crippen molar-refractivity contribution in [1.29, 1.82) is 0 Å². The molecule has 1 saturated carbocycles. The van der Waals surface area contributed by atoms with Gasteiger partial charge in [-0.25, -0.2) is 0 Å². The number of carbonyl (C=O) groups is 1. The number of carbonyl (C=O) groups excluding carboxylic acids is 1. The predicted octanol–water partition coefficient (Wildman–Crippen LogP) is 1.12. The van der Waals surface area contributed by atoms with Gasteiger partial charge in [-0.2, -0.15) is 0 Å². The van der Waals surface area contributed by atoms with E-state index in [1.165, 1.54) is 13.5 Å². The molecule has 1 aliphatic rings. The molecular formula is C8H14O3. The summed E-state index contributed by atoms with van der Waals surface area (Å²) in [5.74, 6) is -0.190. The Morgan fingerprint density at radius 2 is 2.27 bits per heavy atom. The Morgan fingerprint density at radius 1 is 1.55 bits per heavy atom. The Hall–Kier alpha value is -0.570. The fraction of sp³-hybridized carbons (Fsp3) is 0.875. The maximum absolute atomic E-state index is 10.6. The molecule has 0 aliphatic heterocycles. The summed E-state index contributed by atoms with van der Waals surface area (Å²) in [4.78, 5) is 10.6. The van der Waals surface area contributed by atoms with E-state index < -0.39 is 0 Å². The summed E-state index contributed by atoms with van der Waals surface area (Å²) in [6, 6.07) is 0. The molecule has 0 spiro atoms. The maximum atomic E-state index is 10.6. The minimum absolute atomic E-state index is 0.190. The van der Waals surface area contributed by atoms with Crippen LogP contribution in [0.25, 0.3) is 0 Å². The molecule has 0 heterocycles. The Balaban J connectivity index is 1.90. The highest BCUT2D eigenvalue weighted by Gasteiger charge is 2.17. The van der Waals surface area contributed by atoms with E-state index in [2.05, 4.69) is 4.74 Å². The Kier molecular flexibility index (Phi) is 3.36. The van der Waals surface area contributed by atoms with Crippen LogP contribution in [0.2, 0.25) is 0 Å². The van der Waals surface area contributed by atoms with Crippen LogP contribution < -0.4 is 0 Å². The van der Waals surface area contributed by atoms with Crippen LogP contribution in [0.5, 0.6) is 0 Å². The lowest BCUT2D eigenvalue weighted by Crippen LogP contribution is -2.22. The summed E-state index contributed by atoms with van der Waals surface area (Å²) in [7, 11) is 1.39. The fourth-order valence-corrected chi connectivity index (χ4v) is 0.948. The molecule has 0 amide bonds. The molecule has 0 atom stereocenters. The minimum atomic E-state index is -0.190. The quantitative estimate of drug-likeness (QED) is 0.575. The van der Waals surface area contributed by atoms with Crippen LogP contribution in [0, 0.1) is 0 Å². The van der Waals surface area contributed by atoms with Crippen LogP contribution in [0.4, 0.5) is 0 Å². The van der Waals surface area contributed by atoms with Gasteiger partial charge in [0, 0.05) is 0 Å². The van der Waals surface area contributed by atoms with E-state index in [0.717, 1.165) is 12.8 Å². The van der Waals surface area contributed by atoms with E-state index in [9.17, 15) is 4.79 Å². The number of methoxy groups -OCH3 is 1. The molecule has 0 aromatic rings. The van der Waals surface area contributed by atoms with E-state index in [1.807, 2.05) is 0 Å². The van der Waals surface area contributed by atoms with Gasteiger partial charge < -0.3 is 9.47 Å². The first kappa shape index (κ1) is 8.53. The molecule has 3 nitrogen and oxygen atoms in total. The van der Waals surface area contributed by atoms with Gasteiger partial charge in [0.1, 0.15) is 0 Å². The first-order valence-electron chi connectivity index (χ1n) is 4.01.